The molecule has 8 heteroatoms. The molecule has 0 N–H and O–H groups in total. The fraction of sp³-hybridized carbons (Fsp3) is 0.310. The first-order valence-electron chi connectivity index (χ1n) is 12.2. The summed E-state index contributed by atoms with van der Waals surface area (Å²) in [7, 11) is 9.97. The molecule has 5 rings (SSSR count). The van der Waals surface area contributed by atoms with Crippen LogP contribution in [0.15, 0.2) is 65.1 Å². The van der Waals surface area contributed by atoms with Crippen LogP contribution in [0, 0.1) is 5.41 Å². The van der Waals surface area contributed by atoms with Crippen molar-refractivity contribution >= 4 is 22.3 Å². The zero-order valence-corrected chi connectivity index (χ0v) is 27.8. The standard InChI is InChI=1S/C29H29O6.ClH.Hg/c1-29(2)17-33-28(34-18-29)22-12-21-14-24(35-27(21)26(15-22)31-4)20-10-11-23(25(13-20)30-3)32-16-19-8-6-5-7-9-19;;/h5-13,15,28H,16-18H2,1-4H3;1H;/q;;+1/p-1. The molecule has 2 heterocycles. The second-order valence-electron chi connectivity index (χ2n) is 9.90. The summed E-state index contributed by atoms with van der Waals surface area (Å²) < 4.78 is 37.0. The monoisotopic (exact) mass is 710 g/mol. The van der Waals surface area contributed by atoms with Gasteiger partial charge >= 0.3 is 234 Å². The average Bonchev–Trinajstić information content (AvgIpc) is 3.30. The van der Waals surface area contributed by atoms with Crippen LogP contribution in [0.2, 0.25) is 0 Å². The van der Waals surface area contributed by atoms with Crippen molar-refractivity contribution in [2.75, 3.05) is 27.4 Å². The molecule has 3 aromatic carbocycles. The van der Waals surface area contributed by atoms with Crippen LogP contribution in [0.1, 0.15) is 31.3 Å². The van der Waals surface area contributed by atoms with Gasteiger partial charge in [0.25, 0.3) is 0 Å². The Bertz CT molecular complexity index is 1370. The van der Waals surface area contributed by atoms with Gasteiger partial charge in [0.1, 0.15) is 0 Å². The molecule has 0 bridgehead atoms. The van der Waals surface area contributed by atoms with E-state index < -0.39 is 29.6 Å². The SMILES string of the molecule is COc1cc(-c2oc3c(OC)cc(C4OCC(C)(C)CO4)cc3[c]2[Hg][Cl])ccc1OCc1ccccc1. The van der Waals surface area contributed by atoms with Crippen LogP contribution in [0.5, 0.6) is 17.2 Å². The van der Waals surface area contributed by atoms with Crippen LogP contribution in [0.3, 0.4) is 0 Å². The van der Waals surface area contributed by atoms with Gasteiger partial charge in [-0.2, -0.15) is 0 Å². The van der Waals surface area contributed by atoms with Gasteiger partial charge in [0, 0.05) is 0 Å². The Morgan fingerprint density at radius 3 is 2.32 bits per heavy atom. The normalized spacial score (nSPS) is 15.4. The number of ether oxygens (including phenoxy) is 5. The zero-order chi connectivity index (χ0) is 26.0. The molecule has 0 saturated carbocycles. The predicted molar refractivity (Wildman–Crippen MR) is 139 cm³/mol. The zero-order valence-electron chi connectivity index (χ0n) is 21.5. The number of furan rings is 1. The first-order chi connectivity index (χ1) is 17.9. The van der Waals surface area contributed by atoms with Crippen LogP contribution < -0.4 is 17.3 Å². The molecule has 190 valence electrons. The van der Waals surface area contributed by atoms with Crippen LogP contribution >= 0.6 is 8.25 Å². The van der Waals surface area contributed by atoms with E-state index in [1.54, 1.807) is 14.2 Å². The van der Waals surface area contributed by atoms with Gasteiger partial charge in [-0.05, 0) is 0 Å². The molecule has 0 unspecified atom stereocenters. The van der Waals surface area contributed by atoms with Crippen molar-refractivity contribution in [1.82, 2.24) is 0 Å². The molecule has 37 heavy (non-hydrogen) atoms. The van der Waals surface area contributed by atoms with Gasteiger partial charge in [0.2, 0.25) is 0 Å². The topological polar surface area (TPSA) is 59.3 Å². The number of benzene rings is 3. The van der Waals surface area contributed by atoms with Gasteiger partial charge in [0.05, 0.1) is 0 Å². The molecule has 4 aromatic rings. The Morgan fingerprint density at radius 2 is 1.65 bits per heavy atom. The molecule has 0 amide bonds. The summed E-state index contributed by atoms with van der Waals surface area (Å²) in [4.78, 5) is 0. The number of methoxy groups -OCH3 is 2. The van der Waals surface area contributed by atoms with Crippen LogP contribution in [0.4, 0.5) is 0 Å². The van der Waals surface area contributed by atoms with E-state index >= 15 is 0 Å². The van der Waals surface area contributed by atoms with Crippen molar-refractivity contribution in [3.63, 3.8) is 0 Å². The Labute approximate surface area is 232 Å². The van der Waals surface area contributed by atoms with E-state index in [0.29, 0.717) is 42.7 Å². The van der Waals surface area contributed by atoms with E-state index in [4.69, 9.17) is 36.4 Å². The number of hydrogen-bond donors (Lipinski definition) is 0. The Morgan fingerprint density at radius 1 is 0.919 bits per heavy atom. The molecular weight excluding hydrogens is 680 g/mol. The van der Waals surface area contributed by atoms with Crippen molar-refractivity contribution < 1.29 is 51.4 Å². The summed E-state index contributed by atoms with van der Waals surface area (Å²) in [5, 5.41) is 0.960. The van der Waals surface area contributed by atoms with E-state index in [1.165, 1.54) is 0 Å². The van der Waals surface area contributed by atoms with Gasteiger partial charge < -0.3 is 0 Å². The summed E-state index contributed by atoms with van der Waals surface area (Å²) in [5.74, 6) is 2.68. The van der Waals surface area contributed by atoms with Crippen molar-refractivity contribution in [1.29, 1.82) is 0 Å². The second-order valence-corrected chi connectivity index (χ2v) is 16.0. The summed E-state index contributed by atoms with van der Waals surface area (Å²) >= 11 is -1.99. The fourth-order valence-electron chi connectivity index (χ4n) is 4.44. The molecule has 1 aromatic heterocycles. The van der Waals surface area contributed by atoms with E-state index in [1.807, 2.05) is 54.6 Å². The maximum absolute atomic E-state index is 6.70. The van der Waals surface area contributed by atoms with Crippen molar-refractivity contribution in [3.8, 4) is 28.6 Å². The number of halogens is 1. The molecule has 0 atom stereocenters. The summed E-state index contributed by atoms with van der Waals surface area (Å²) in [5.41, 5.74) is 3.53. The molecule has 0 spiro atoms. The summed E-state index contributed by atoms with van der Waals surface area (Å²) in [6.07, 6.45) is -0.453. The minimum atomic E-state index is -1.99. The molecule has 1 aliphatic heterocycles. The molecule has 0 radical (unpaired) electrons. The first kappa shape index (κ1) is 26.4. The van der Waals surface area contributed by atoms with Crippen LogP contribution in [-0.4, -0.2) is 27.4 Å². The van der Waals surface area contributed by atoms with Crippen molar-refractivity contribution in [2.24, 2.45) is 5.41 Å². The van der Waals surface area contributed by atoms with Gasteiger partial charge in [0.15, 0.2) is 0 Å². The number of hydrogen-bond acceptors (Lipinski definition) is 6. The molecule has 1 fully saturated rings. The number of rotatable bonds is 8. The molecular formula is C29H29ClHgO6. The van der Waals surface area contributed by atoms with E-state index in [0.717, 1.165) is 30.9 Å². The molecule has 1 saturated heterocycles. The van der Waals surface area contributed by atoms with Crippen molar-refractivity contribution in [3.05, 3.63) is 71.8 Å². The van der Waals surface area contributed by atoms with Gasteiger partial charge in [-0.3, -0.25) is 0 Å². The Kier molecular flexibility index (Phi) is 8.00. The fourth-order valence-corrected chi connectivity index (χ4v) is 9.90. The predicted octanol–water partition coefficient (Wildman–Crippen LogP) is 6.63. The van der Waals surface area contributed by atoms with Gasteiger partial charge in [-0.15, -0.1) is 0 Å². The van der Waals surface area contributed by atoms with E-state index in [2.05, 4.69) is 19.9 Å². The van der Waals surface area contributed by atoms with Gasteiger partial charge in [-0.1, -0.05) is 0 Å². The third-order valence-electron chi connectivity index (χ3n) is 6.42. The third-order valence-corrected chi connectivity index (χ3v) is 12.5. The quantitative estimate of drug-likeness (QED) is 0.192. The maximum atomic E-state index is 6.70. The van der Waals surface area contributed by atoms with Crippen molar-refractivity contribution in [2.45, 2.75) is 26.7 Å². The molecule has 6 nitrogen and oxygen atoms in total. The summed E-state index contributed by atoms with van der Waals surface area (Å²) in [6, 6.07) is 19.9. The minimum absolute atomic E-state index is 0.0120. The molecule has 0 aliphatic carbocycles. The Balaban J connectivity index is 1.50. The summed E-state index contributed by atoms with van der Waals surface area (Å²) in [6.45, 7) is 5.95. The average molecular weight is 710 g/mol. The van der Waals surface area contributed by atoms with Gasteiger partial charge in [-0.25, -0.2) is 0 Å². The van der Waals surface area contributed by atoms with Crippen LogP contribution in [-0.2, 0) is 39.4 Å². The third kappa shape index (κ3) is 5.63. The second kappa shape index (κ2) is 11.2. The molecule has 1 aliphatic rings. The number of fused-ring (bicyclic) bond motifs is 1. The van der Waals surface area contributed by atoms with E-state index in [-0.39, 0.29) is 5.41 Å². The Hall–Kier alpha value is -2.25. The first-order valence-corrected chi connectivity index (χ1v) is 21.7. The van der Waals surface area contributed by atoms with E-state index in [9.17, 15) is 0 Å². The van der Waals surface area contributed by atoms with Crippen LogP contribution in [0.25, 0.3) is 22.3 Å².